The van der Waals surface area contributed by atoms with Gasteiger partial charge in [-0.3, -0.25) is 4.79 Å². The Bertz CT molecular complexity index is 666. The third-order valence-corrected chi connectivity index (χ3v) is 3.54. The molecule has 26 heavy (non-hydrogen) atoms. The van der Waals surface area contributed by atoms with E-state index in [9.17, 15) is 9.59 Å². The minimum atomic E-state index is -0.950. The molecule has 1 aromatic carbocycles. The number of hydrogen-bond acceptors (Lipinski definition) is 6. The Hall–Kier alpha value is -2.75. The number of carbonyl (C=O) groups excluding carboxylic acids is 2. The Kier molecular flexibility index (Phi) is 8.43. The first-order valence-electron chi connectivity index (χ1n) is 8.43. The third-order valence-electron chi connectivity index (χ3n) is 3.54. The zero-order valence-corrected chi connectivity index (χ0v) is 15.9. The molecule has 0 N–H and O–H groups in total. The highest BCUT2D eigenvalue weighted by molar-refractivity contribution is 5.92. The Morgan fingerprint density at radius 2 is 1.92 bits per heavy atom. The minimum absolute atomic E-state index is 0.220. The Morgan fingerprint density at radius 3 is 2.50 bits per heavy atom. The van der Waals surface area contributed by atoms with Crippen LogP contribution in [0.1, 0.15) is 37.6 Å². The number of ether oxygens (including phenoxy) is 3. The van der Waals surface area contributed by atoms with Crippen LogP contribution in [0.4, 0.5) is 0 Å². The van der Waals surface area contributed by atoms with Crippen LogP contribution in [0.3, 0.4) is 0 Å². The van der Waals surface area contributed by atoms with E-state index in [4.69, 9.17) is 19.5 Å². The lowest BCUT2D eigenvalue weighted by Gasteiger charge is -2.20. The number of amides is 1. The standard InChI is InChI=1S/C19H26N2O5/c1-13(2)12-25-16-8-7-15(11-17(16)24-5)19(23)26-14(3)18(22)21(4)10-6-9-20/h7-8,11,13-14H,6,10,12H2,1-5H3/t14-/m1/s1. The summed E-state index contributed by atoms with van der Waals surface area (Å²) in [7, 11) is 3.05. The number of methoxy groups -OCH3 is 1. The zero-order valence-electron chi connectivity index (χ0n) is 15.9. The molecule has 0 aliphatic heterocycles. The van der Waals surface area contributed by atoms with Crippen LogP contribution >= 0.6 is 0 Å². The van der Waals surface area contributed by atoms with Crippen LogP contribution in [0.15, 0.2) is 18.2 Å². The summed E-state index contributed by atoms with van der Waals surface area (Å²) < 4.78 is 16.1. The van der Waals surface area contributed by atoms with Crippen molar-refractivity contribution in [3.8, 4) is 17.6 Å². The summed E-state index contributed by atoms with van der Waals surface area (Å²) >= 11 is 0. The molecule has 7 heteroatoms. The topological polar surface area (TPSA) is 88.9 Å². The smallest absolute Gasteiger partial charge is 0.339 e. The SMILES string of the molecule is COc1cc(C(=O)O[C@H](C)C(=O)N(C)CCC#N)ccc1OCC(C)C. The number of carbonyl (C=O) groups is 2. The molecule has 0 aliphatic carbocycles. The highest BCUT2D eigenvalue weighted by atomic mass is 16.5. The minimum Gasteiger partial charge on any atom is -0.493 e. The van der Waals surface area contributed by atoms with Gasteiger partial charge in [-0.15, -0.1) is 0 Å². The number of hydrogen-bond donors (Lipinski definition) is 0. The fourth-order valence-corrected chi connectivity index (χ4v) is 2.09. The number of likely N-dealkylation sites (N-methyl/N-ethyl adjacent to an activating group) is 1. The monoisotopic (exact) mass is 362 g/mol. The van der Waals surface area contributed by atoms with Gasteiger partial charge in [0.05, 0.1) is 31.8 Å². The van der Waals surface area contributed by atoms with Crippen LogP contribution in [0.2, 0.25) is 0 Å². The summed E-state index contributed by atoms with van der Waals surface area (Å²) in [6, 6.07) is 6.70. The summed E-state index contributed by atoms with van der Waals surface area (Å²) in [5.41, 5.74) is 0.262. The molecule has 0 unspecified atom stereocenters. The first kappa shape index (κ1) is 21.3. The van der Waals surface area contributed by atoms with Crippen LogP contribution in [0, 0.1) is 17.2 Å². The summed E-state index contributed by atoms with van der Waals surface area (Å²) in [5, 5.41) is 8.57. The molecule has 0 aliphatic rings. The van der Waals surface area contributed by atoms with E-state index in [1.54, 1.807) is 19.2 Å². The van der Waals surface area contributed by atoms with E-state index in [2.05, 4.69) is 0 Å². The normalized spacial score (nSPS) is 11.4. The Balaban J connectivity index is 2.77. The fourth-order valence-electron chi connectivity index (χ4n) is 2.09. The molecule has 0 heterocycles. The molecular weight excluding hydrogens is 336 g/mol. The molecule has 0 saturated carbocycles. The maximum atomic E-state index is 12.3. The molecule has 0 fully saturated rings. The molecule has 1 atom stereocenters. The molecule has 0 aromatic heterocycles. The van der Waals surface area contributed by atoms with Gasteiger partial charge in [0.25, 0.3) is 5.91 Å². The first-order chi connectivity index (χ1) is 12.3. The van der Waals surface area contributed by atoms with Gasteiger partial charge in [-0.05, 0) is 31.0 Å². The van der Waals surface area contributed by atoms with Crippen molar-refractivity contribution in [2.75, 3.05) is 27.3 Å². The quantitative estimate of drug-likeness (QED) is 0.628. The highest BCUT2D eigenvalue weighted by Crippen LogP contribution is 2.29. The van der Waals surface area contributed by atoms with Gasteiger partial charge >= 0.3 is 5.97 Å². The van der Waals surface area contributed by atoms with Gasteiger partial charge in [0.1, 0.15) is 0 Å². The fraction of sp³-hybridized carbons (Fsp3) is 0.526. The maximum Gasteiger partial charge on any atom is 0.339 e. The van der Waals surface area contributed by atoms with E-state index in [0.29, 0.717) is 24.0 Å². The van der Waals surface area contributed by atoms with Crippen LogP contribution in [-0.4, -0.2) is 50.2 Å². The molecule has 1 aromatic rings. The van der Waals surface area contributed by atoms with Gasteiger partial charge in [0.15, 0.2) is 17.6 Å². The lowest BCUT2D eigenvalue weighted by atomic mass is 10.2. The first-order valence-corrected chi connectivity index (χ1v) is 8.43. The van der Waals surface area contributed by atoms with Gasteiger partial charge in [-0.25, -0.2) is 4.79 Å². The van der Waals surface area contributed by atoms with E-state index >= 15 is 0 Å². The van der Waals surface area contributed by atoms with Crippen molar-refractivity contribution >= 4 is 11.9 Å². The average molecular weight is 362 g/mol. The number of esters is 1. The van der Waals surface area contributed by atoms with Crippen molar-refractivity contribution in [1.82, 2.24) is 4.90 Å². The summed E-state index contributed by atoms with van der Waals surface area (Å²) in [5.74, 6) is 0.322. The molecule has 0 radical (unpaired) electrons. The number of nitrogens with zero attached hydrogens (tertiary/aromatic N) is 2. The van der Waals surface area contributed by atoms with Crippen molar-refractivity contribution in [3.05, 3.63) is 23.8 Å². The second-order valence-electron chi connectivity index (χ2n) is 6.29. The van der Waals surface area contributed by atoms with Gasteiger partial charge in [-0.1, -0.05) is 13.8 Å². The molecule has 142 valence electrons. The number of nitriles is 1. The van der Waals surface area contributed by atoms with Crippen molar-refractivity contribution < 1.29 is 23.8 Å². The van der Waals surface area contributed by atoms with Gasteiger partial charge in [0, 0.05) is 13.6 Å². The van der Waals surface area contributed by atoms with Crippen LogP contribution in [0.5, 0.6) is 11.5 Å². The second kappa shape index (κ2) is 10.3. The lowest BCUT2D eigenvalue weighted by Crippen LogP contribution is -2.37. The van der Waals surface area contributed by atoms with Crippen molar-refractivity contribution in [2.24, 2.45) is 5.92 Å². The largest absolute Gasteiger partial charge is 0.493 e. The maximum absolute atomic E-state index is 12.3. The predicted molar refractivity (Wildman–Crippen MR) is 96.1 cm³/mol. The van der Waals surface area contributed by atoms with Crippen molar-refractivity contribution in [1.29, 1.82) is 5.26 Å². The average Bonchev–Trinajstić information content (AvgIpc) is 2.63. The van der Waals surface area contributed by atoms with Crippen LogP contribution in [0.25, 0.3) is 0 Å². The van der Waals surface area contributed by atoms with Crippen LogP contribution in [-0.2, 0) is 9.53 Å². The summed E-state index contributed by atoms with van der Waals surface area (Å²) in [6.07, 6.45) is -0.730. The molecular formula is C19H26N2O5. The highest BCUT2D eigenvalue weighted by Gasteiger charge is 2.22. The van der Waals surface area contributed by atoms with E-state index in [1.165, 1.54) is 25.0 Å². The molecule has 1 amide bonds. The van der Waals surface area contributed by atoms with Crippen molar-refractivity contribution in [2.45, 2.75) is 33.3 Å². The predicted octanol–water partition coefficient (Wildman–Crippen LogP) is 2.65. The Labute approximate surface area is 154 Å². The van der Waals surface area contributed by atoms with Crippen LogP contribution < -0.4 is 9.47 Å². The molecule has 0 spiro atoms. The van der Waals surface area contributed by atoms with Gasteiger partial charge in [-0.2, -0.15) is 5.26 Å². The third kappa shape index (κ3) is 6.28. The second-order valence-corrected chi connectivity index (χ2v) is 6.29. The zero-order chi connectivity index (χ0) is 19.7. The van der Waals surface area contributed by atoms with Gasteiger partial charge < -0.3 is 19.1 Å². The molecule has 0 saturated heterocycles. The van der Waals surface area contributed by atoms with E-state index < -0.39 is 12.1 Å². The van der Waals surface area contributed by atoms with E-state index in [-0.39, 0.29) is 24.4 Å². The van der Waals surface area contributed by atoms with E-state index in [0.717, 1.165) is 0 Å². The number of benzene rings is 1. The number of rotatable bonds is 9. The molecule has 1 rings (SSSR count). The summed E-state index contributed by atoms with van der Waals surface area (Å²) in [4.78, 5) is 25.8. The Morgan fingerprint density at radius 1 is 1.23 bits per heavy atom. The molecule has 0 bridgehead atoms. The van der Waals surface area contributed by atoms with Crippen molar-refractivity contribution in [3.63, 3.8) is 0 Å². The van der Waals surface area contributed by atoms with Gasteiger partial charge in [0.2, 0.25) is 0 Å². The summed E-state index contributed by atoms with van der Waals surface area (Å²) in [6.45, 7) is 6.38. The molecule has 7 nitrogen and oxygen atoms in total. The lowest BCUT2D eigenvalue weighted by molar-refractivity contribution is -0.138. The van der Waals surface area contributed by atoms with E-state index in [1.807, 2.05) is 19.9 Å².